The number of aryl methyl sites for hydroxylation is 1. The van der Waals surface area contributed by atoms with E-state index in [1.807, 2.05) is 25.1 Å². The predicted octanol–water partition coefficient (Wildman–Crippen LogP) is 1.52. The van der Waals surface area contributed by atoms with Crippen LogP contribution in [-0.2, 0) is 9.84 Å². The fourth-order valence-electron chi connectivity index (χ4n) is 2.76. The molecule has 1 saturated heterocycles. The molecule has 1 fully saturated rings. The molecule has 1 aliphatic heterocycles. The van der Waals surface area contributed by atoms with Crippen LogP contribution in [0.1, 0.15) is 29.9 Å². The third kappa shape index (κ3) is 2.29. The number of hydrogen-bond acceptors (Lipinski definition) is 4. The Balaban J connectivity index is 1.95. The van der Waals surface area contributed by atoms with Crippen molar-refractivity contribution in [1.29, 1.82) is 0 Å². The minimum absolute atomic E-state index is 0.00682. The first-order valence-electron chi connectivity index (χ1n) is 7.18. The van der Waals surface area contributed by atoms with E-state index >= 15 is 0 Å². The van der Waals surface area contributed by atoms with Crippen molar-refractivity contribution in [3.8, 4) is 0 Å². The van der Waals surface area contributed by atoms with Gasteiger partial charge in [-0.2, -0.15) is 5.10 Å². The maximum atomic E-state index is 12.7. The van der Waals surface area contributed by atoms with Crippen molar-refractivity contribution in [2.24, 2.45) is 0 Å². The van der Waals surface area contributed by atoms with Crippen LogP contribution in [0.5, 0.6) is 0 Å². The third-order valence-electron chi connectivity index (χ3n) is 4.25. The van der Waals surface area contributed by atoms with Crippen LogP contribution >= 0.6 is 0 Å². The Morgan fingerprint density at radius 3 is 2.77 bits per heavy atom. The van der Waals surface area contributed by atoms with Gasteiger partial charge in [0.25, 0.3) is 5.91 Å². The molecule has 22 heavy (non-hydrogen) atoms. The topological polar surface area (TPSA) is 83.1 Å². The second kappa shape index (κ2) is 4.81. The van der Waals surface area contributed by atoms with Crippen LogP contribution < -0.4 is 0 Å². The molecule has 0 saturated carbocycles. The fraction of sp³-hybridized carbons (Fsp3) is 0.467. The number of nitrogens with zero attached hydrogens (tertiary/aromatic N) is 2. The predicted molar refractivity (Wildman–Crippen MR) is 84.6 cm³/mol. The molecule has 2 aromatic rings. The highest BCUT2D eigenvalue weighted by Crippen LogP contribution is 2.26. The minimum atomic E-state index is -3.17. The summed E-state index contributed by atoms with van der Waals surface area (Å²) >= 11 is 0. The van der Waals surface area contributed by atoms with E-state index < -0.39 is 14.6 Å². The molecule has 0 aliphatic carbocycles. The first-order valence-corrected chi connectivity index (χ1v) is 8.83. The Morgan fingerprint density at radius 1 is 1.36 bits per heavy atom. The summed E-state index contributed by atoms with van der Waals surface area (Å²) in [5.41, 5.74) is 2.20. The average molecular weight is 321 g/mol. The molecule has 6 nitrogen and oxygen atoms in total. The summed E-state index contributed by atoms with van der Waals surface area (Å²) in [4.78, 5) is 14.3. The number of hydrogen-bond donors (Lipinski definition) is 1. The lowest BCUT2D eigenvalue weighted by molar-refractivity contribution is 0.0739. The van der Waals surface area contributed by atoms with Gasteiger partial charge in [-0.25, -0.2) is 8.42 Å². The van der Waals surface area contributed by atoms with Gasteiger partial charge in [0.2, 0.25) is 0 Å². The molecule has 3 rings (SSSR count). The number of H-pyrrole nitrogens is 1. The van der Waals surface area contributed by atoms with E-state index in [-0.39, 0.29) is 24.7 Å². The zero-order chi connectivity index (χ0) is 16.1. The first-order chi connectivity index (χ1) is 10.2. The van der Waals surface area contributed by atoms with Crippen molar-refractivity contribution in [3.63, 3.8) is 0 Å². The molecule has 0 unspecified atom stereocenters. The van der Waals surface area contributed by atoms with Gasteiger partial charge in [0.05, 0.1) is 16.0 Å². The Labute approximate surface area is 129 Å². The van der Waals surface area contributed by atoms with Gasteiger partial charge >= 0.3 is 0 Å². The minimum Gasteiger partial charge on any atom is -0.335 e. The number of nitrogens with one attached hydrogen (secondary N) is 1. The quantitative estimate of drug-likeness (QED) is 0.863. The van der Waals surface area contributed by atoms with Crippen LogP contribution in [0.15, 0.2) is 18.2 Å². The summed E-state index contributed by atoms with van der Waals surface area (Å²) in [5.74, 6) is -0.229. The molecule has 2 heterocycles. The van der Waals surface area contributed by atoms with Gasteiger partial charge in [0.15, 0.2) is 15.5 Å². The Hall–Kier alpha value is -1.89. The normalized spacial score (nSPS) is 20.2. The van der Waals surface area contributed by atoms with Crippen molar-refractivity contribution < 1.29 is 13.2 Å². The molecular formula is C15H19N3O3S. The molecule has 0 spiro atoms. The molecular weight excluding hydrogens is 302 g/mol. The number of rotatable bonds is 1. The van der Waals surface area contributed by atoms with Gasteiger partial charge in [-0.15, -0.1) is 0 Å². The SMILES string of the molecule is Cc1ccc2[nH]nc(C(=O)N3CCS(=O)(=O)C(C)(C)C3)c2c1. The fourth-order valence-corrected chi connectivity index (χ4v) is 4.12. The number of benzene rings is 1. The highest BCUT2D eigenvalue weighted by atomic mass is 32.2. The summed E-state index contributed by atoms with van der Waals surface area (Å²) in [6, 6.07) is 5.75. The smallest absolute Gasteiger partial charge is 0.275 e. The van der Waals surface area contributed by atoms with Crippen molar-refractivity contribution in [1.82, 2.24) is 15.1 Å². The molecule has 1 N–H and O–H groups in total. The summed E-state index contributed by atoms with van der Waals surface area (Å²) in [6.45, 7) is 5.68. The molecule has 0 atom stereocenters. The van der Waals surface area contributed by atoms with E-state index in [9.17, 15) is 13.2 Å². The van der Waals surface area contributed by atoms with Gasteiger partial charge in [0, 0.05) is 18.5 Å². The highest BCUT2D eigenvalue weighted by molar-refractivity contribution is 7.92. The van der Waals surface area contributed by atoms with Gasteiger partial charge in [-0.05, 0) is 32.9 Å². The zero-order valence-electron chi connectivity index (χ0n) is 12.9. The zero-order valence-corrected chi connectivity index (χ0v) is 13.7. The van der Waals surface area contributed by atoms with E-state index in [0.29, 0.717) is 5.69 Å². The largest absolute Gasteiger partial charge is 0.335 e. The molecule has 118 valence electrons. The molecule has 1 amide bonds. The molecule has 7 heteroatoms. The lowest BCUT2D eigenvalue weighted by atomic mass is 10.1. The van der Waals surface area contributed by atoms with Gasteiger partial charge < -0.3 is 4.90 Å². The van der Waals surface area contributed by atoms with Crippen LogP contribution in [0, 0.1) is 6.92 Å². The van der Waals surface area contributed by atoms with Crippen molar-refractivity contribution >= 4 is 26.6 Å². The van der Waals surface area contributed by atoms with Crippen LogP contribution in [-0.4, -0.2) is 53.0 Å². The second-order valence-corrected chi connectivity index (χ2v) is 9.17. The number of carbonyl (C=O) groups excluding carboxylic acids is 1. The van der Waals surface area contributed by atoms with E-state index in [4.69, 9.17) is 0 Å². The number of sulfone groups is 1. The maximum Gasteiger partial charge on any atom is 0.275 e. The summed E-state index contributed by atoms with van der Waals surface area (Å²) in [7, 11) is -3.17. The molecule has 1 aromatic heterocycles. The van der Waals surface area contributed by atoms with E-state index in [1.165, 1.54) is 0 Å². The van der Waals surface area contributed by atoms with Gasteiger partial charge in [-0.3, -0.25) is 9.89 Å². The Bertz CT molecular complexity index is 852. The van der Waals surface area contributed by atoms with E-state index in [0.717, 1.165) is 16.5 Å². The standard InChI is InChI=1S/C15H19N3O3S/c1-10-4-5-12-11(8-10)13(17-16-12)14(19)18-6-7-22(20,21)15(2,3)9-18/h4-5,8H,6-7,9H2,1-3H3,(H,16,17). The van der Waals surface area contributed by atoms with Crippen LogP contribution in [0.25, 0.3) is 10.9 Å². The average Bonchev–Trinajstić information content (AvgIpc) is 2.84. The second-order valence-electron chi connectivity index (χ2n) is 6.43. The van der Waals surface area contributed by atoms with E-state index in [1.54, 1.807) is 18.7 Å². The van der Waals surface area contributed by atoms with Crippen LogP contribution in [0.4, 0.5) is 0 Å². The molecule has 1 aliphatic rings. The van der Waals surface area contributed by atoms with Crippen molar-refractivity contribution in [2.75, 3.05) is 18.8 Å². The molecule has 0 radical (unpaired) electrons. The monoisotopic (exact) mass is 321 g/mol. The van der Waals surface area contributed by atoms with Gasteiger partial charge in [0.1, 0.15) is 0 Å². The van der Waals surface area contributed by atoms with E-state index in [2.05, 4.69) is 10.2 Å². The lowest BCUT2D eigenvalue weighted by Crippen LogP contribution is -2.54. The van der Waals surface area contributed by atoms with Crippen molar-refractivity contribution in [2.45, 2.75) is 25.5 Å². The first kappa shape index (κ1) is 15.0. The number of aromatic amines is 1. The number of amides is 1. The van der Waals surface area contributed by atoms with Crippen LogP contribution in [0.3, 0.4) is 0 Å². The third-order valence-corrected chi connectivity index (χ3v) is 6.78. The highest BCUT2D eigenvalue weighted by Gasteiger charge is 2.42. The Kier molecular flexibility index (Phi) is 3.28. The maximum absolute atomic E-state index is 12.7. The summed E-state index contributed by atoms with van der Waals surface area (Å²) in [5, 5.41) is 7.76. The Morgan fingerprint density at radius 2 is 2.09 bits per heavy atom. The summed E-state index contributed by atoms with van der Waals surface area (Å²) in [6.07, 6.45) is 0. The molecule has 0 bridgehead atoms. The lowest BCUT2D eigenvalue weighted by Gasteiger charge is -2.37. The van der Waals surface area contributed by atoms with Gasteiger partial charge in [-0.1, -0.05) is 11.6 Å². The van der Waals surface area contributed by atoms with Crippen molar-refractivity contribution in [3.05, 3.63) is 29.5 Å². The number of carbonyl (C=O) groups is 1. The number of aromatic nitrogens is 2. The van der Waals surface area contributed by atoms with Crippen LogP contribution in [0.2, 0.25) is 0 Å². The molecule has 1 aromatic carbocycles. The number of fused-ring (bicyclic) bond motifs is 1. The summed E-state index contributed by atoms with van der Waals surface area (Å²) < 4.78 is 23.2.